The standard InChI is InChI=1S/C10H20N2O/c1-10(2,13-3)8-12-9-6-4-5-7-11-9/h4-8H2,1-3H3,(H,11,12). The minimum atomic E-state index is -0.0973. The van der Waals surface area contributed by atoms with Crippen molar-refractivity contribution in [3.63, 3.8) is 0 Å². The van der Waals surface area contributed by atoms with Gasteiger partial charge in [0.2, 0.25) is 0 Å². The molecule has 1 N–H and O–H groups in total. The summed E-state index contributed by atoms with van der Waals surface area (Å²) >= 11 is 0. The molecule has 0 aliphatic carbocycles. The van der Waals surface area contributed by atoms with E-state index < -0.39 is 0 Å². The average Bonchev–Trinajstić information content (AvgIpc) is 2.17. The number of nitrogens with one attached hydrogen (secondary N) is 1. The summed E-state index contributed by atoms with van der Waals surface area (Å²) in [5.41, 5.74) is -0.0973. The highest BCUT2D eigenvalue weighted by atomic mass is 16.5. The molecule has 0 aromatic carbocycles. The molecule has 3 nitrogen and oxygen atoms in total. The van der Waals surface area contributed by atoms with Crippen LogP contribution < -0.4 is 5.32 Å². The van der Waals surface area contributed by atoms with E-state index in [0.717, 1.165) is 25.3 Å². The molecule has 0 spiro atoms. The lowest BCUT2D eigenvalue weighted by Gasteiger charge is -2.25. The average molecular weight is 184 g/mol. The van der Waals surface area contributed by atoms with Gasteiger partial charge in [-0.2, -0.15) is 0 Å². The molecule has 0 unspecified atom stereocenters. The third-order valence-corrected chi connectivity index (χ3v) is 2.40. The summed E-state index contributed by atoms with van der Waals surface area (Å²) in [4.78, 5) is 4.42. The molecule has 1 rings (SSSR count). The van der Waals surface area contributed by atoms with Crippen molar-refractivity contribution in [2.45, 2.75) is 38.7 Å². The van der Waals surface area contributed by atoms with E-state index in [-0.39, 0.29) is 5.60 Å². The normalized spacial score (nSPS) is 18.2. The van der Waals surface area contributed by atoms with Crippen LogP contribution in [-0.4, -0.2) is 31.6 Å². The minimum absolute atomic E-state index is 0.0973. The first-order valence-corrected chi connectivity index (χ1v) is 4.96. The maximum Gasteiger partial charge on any atom is 0.0964 e. The second-order valence-electron chi connectivity index (χ2n) is 4.10. The van der Waals surface area contributed by atoms with Crippen molar-refractivity contribution in [2.75, 3.05) is 20.2 Å². The highest BCUT2D eigenvalue weighted by molar-refractivity contribution is 5.82. The van der Waals surface area contributed by atoms with Crippen LogP contribution in [0.1, 0.15) is 33.1 Å². The number of amidine groups is 1. The first-order valence-electron chi connectivity index (χ1n) is 4.96. The van der Waals surface area contributed by atoms with Crippen molar-refractivity contribution in [3.05, 3.63) is 0 Å². The van der Waals surface area contributed by atoms with Gasteiger partial charge >= 0.3 is 0 Å². The van der Waals surface area contributed by atoms with Crippen molar-refractivity contribution in [1.82, 2.24) is 5.32 Å². The van der Waals surface area contributed by atoms with Gasteiger partial charge in [0.25, 0.3) is 0 Å². The molecule has 0 saturated carbocycles. The third kappa shape index (κ3) is 3.77. The number of rotatable bonds is 3. The van der Waals surface area contributed by atoms with E-state index in [1.165, 1.54) is 12.8 Å². The van der Waals surface area contributed by atoms with E-state index in [2.05, 4.69) is 24.2 Å². The fraction of sp³-hybridized carbons (Fsp3) is 0.900. The number of hydrogen-bond donors (Lipinski definition) is 1. The largest absolute Gasteiger partial charge is 0.377 e. The summed E-state index contributed by atoms with van der Waals surface area (Å²) in [6.45, 7) is 5.96. The Hall–Kier alpha value is -0.570. The highest BCUT2D eigenvalue weighted by Gasteiger charge is 2.16. The van der Waals surface area contributed by atoms with Crippen molar-refractivity contribution in [1.29, 1.82) is 0 Å². The lowest BCUT2D eigenvalue weighted by molar-refractivity contribution is 0.0268. The Morgan fingerprint density at radius 3 is 2.77 bits per heavy atom. The molecule has 0 amide bonds. The van der Waals surface area contributed by atoms with Crippen LogP contribution in [0.5, 0.6) is 0 Å². The molecule has 1 aliphatic rings. The first kappa shape index (κ1) is 10.5. The second kappa shape index (κ2) is 4.61. The zero-order valence-electron chi connectivity index (χ0n) is 8.89. The molecule has 0 aromatic heterocycles. The van der Waals surface area contributed by atoms with Gasteiger partial charge in [-0.15, -0.1) is 0 Å². The summed E-state index contributed by atoms with van der Waals surface area (Å²) in [5, 5.41) is 3.34. The number of nitrogens with zero attached hydrogens (tertiary/aromatic N) is 1. The summed E-state index contributed by atoms with van der Waals surface area (Å²) in [7, 11) is 1.74. The van der Waals surface area contributed by atoms with E-state index in [9.17, 15) is 0 Å². The summed E-state index contributed by atoms with van der Waals surface area (Å²) in [6.07, 6.45) is 3.60. The molecule has 1 aliphatic heterocycles. The van der Waals surface area contributed by atoms with E-state index in [4.69, 9.17) is 4.74 Å². The molecule has 0 aromatic rings. The highest BCUT2D eigenvalue weighted by Crippen LogP contribution is 2.07. The van der Waals surface area contributed by atoms with Crippen molar-refractivity contribution in [3.8, 4) is 0 Å². The summed E-state index contributed by atoms with van der Waals surface area (Å²) in [6, 6.07) is 0. The van der Waals surface area contributed by atoms with Crippen LogP contribution >= 0.6 is 0 Å². The quantitative estimate of drug-likeness (QED) is 0.722. The van der Waals surface area contributed by atoms with Crippen molar-refractivity contribution in [2.24, 2.45) is 4.99 Å². The molecule has 13 heavy (non-hydrogen) atoms. The van der Waals surface area contributed by atoms with Gasteiger partial charge in [0.1, 0.15) is 0 Å². The maximum atomic E-state index is 5.31. The second-order valence-corrected chi connectivity index (χ2v) is 4.10. The fourth-order valence-electron chi connectivity index (χ4n) is 1.23. The van der Waals surface area contributed by atoms with Gasteiger partial charge in [0.15, 0.2) is 0 Å². The van der Waals surface area contributed by atoms with Crippen LogP contribution in [0.2, 0.25) is 0 Å². The molecule has 1 heterocycles. The monoisotopic (exact) mass is 184 g/mol. The topological polar surface area (TPSA) is 33.6 Å². The number of aliphatic imine (C=N–C) groups is 1. The zero-order valence-corrected chi connectivity index (χ0v) is 8.89. The SMILES string of the molecule is COC(C)(C)CNC1=NCCCC1. The number of methoxy groups -OCH3 is 1. The Labute approximate surface area is 80.6 Å². The molecule has 0 bridgehead atoms. The van der Waals surface area contributed by atoms with Gasteiger partial charge in [0, 0.05) is 26.6 Å². The molecular weight excluding hydrogens is 164 g/mol. The van der Waals surface area contributed by atoms with Gasteiger partial charge in [-0.1, -0.05) is 0 Å². The molecular formula is C10H20N2O. The van der Waals surface area contributed by atoms with Gasteiger partial charge < -0.3 is 10.1 Å². The smallest absolute Gasteiger partial charge is 0.0964 e. The summed E-state index contributed by atoms with van der Waals surface area (Å²) < 4.78 is 5.31. The molecule has 0 atom stereocenters. The predicted octanol–water partition coefficient (Wildman–Crippen LogP) is 1.58. The van der Waals surface area contributed by atoms with Crippen LogP contribution in [0, 0.1) is 0 Å². The minimum Gasteiger partial charge on any atom is -0.377 e. The van der Waals surface area contributed by atoms with Gasteiger partial charge in [-0.3, -0.25) is 4.99 Å². The predicted molar refractivity (Wildman–Crippen MR) is 55.2 cm³/mol. The number of ether oxygens (including phenoxy) is 1. The van der Waals surface area contributed by atoms with Gasteiger partial charge in [-0.25, -0.2) is 0 Å². The van der Waals surface area contributed by atoms with Gasteiger partial charge in [0.05, 0.1) is 11.4 Å². The Morgan fingerprint density at radius 2 is 2.23 bits per heavy atom. The van der Waals surface area contributed by atoms with E-state index in [1.54, 1.807) is 7.11 Å². The van der Waals surface area contributed by atoms with Crippen LogP contribution in [0.4, 0.5) is 0 Å². The Kier molecular flexibility index (Phi) is 3.72. The molecule has 76 valence electrons. The lowest BCUT2D eigenvalue weighted by atomic mass is 10.1. The first-order chi connectivity index (χ1) is 6.14. The molecule has 3 heteroatoms. The van der Waals surface area contributed by atoms with E-state index in [0.29, 0.717) is 0 Å². The van der Waals surface area contributed by atoms with Crippen LogP contribution in [0.15, 0.2) is 4.99 Å². The summed E-state index contributed by atoms with van der Waals surface area (Å²) in [5.74, 6) is 1.15. The Morgan fingerprint density at radius 1 is 1.46 bits per heavy atom. The van der Waals surface area contributed by atoms with E-state index >= 15 is 0 Å². The molecule has 0 saturated heterocycles. The molecule has 0 radical (unpaired) electrons. The third-order valence-electron chi connectivity index (χ3n) is 2.40. The van der Waals surface area contributed by atoms with Crippen molar-refractivity contribution >= 4 is 5.84 Å². The zero-order chi connectivity index (χ0) is 9.73. The van der Waals surface area contributed by atoms with Gasteiger partial charge in [-0.05, 0) is 26.7 Å². The maximum absolute atomic E-state index is 5.31. The van der Waals surface area contributed by atoms with Crippen LogP contribution in [0.25, 0.3) is 0 Å². The van der Waals surface area contributed by atoms with E-state index in [1.807, 2.05) is 0 Å². The Balaban J connectivity index is 2.29. The fourth-order valence-corrected chi connectivity index (χ4v) is 1.23. The lowest BCUT2D eigenvalue weighted by Crippen LogP contribution is -2.40. The molecule has 0 fully saturated rings. The Bertz CT molecular complexity index is 187. The number of hydrogen-bond acceptors (Lipinski definition) is 3. The van der Waals surface area contributed by atoms with Crippen LogP contribution in [0.3, 0.4) is 0 Å². The van der Waals surface area contributed by atoms with Crippen molar-refractivity contribution < 1.29 is 4.74 Å². The van der Waals surface area contributed by atoms with Crippen LogP contribution in [-0.2, 0) is 4.74 Å².